The van der Waals surface area contributed by atoms with Crippen molar-refractivity contribution >= 4 is 27.6 Å². The number of anilines is 1. The van der Waals surface area contributed by atoms with E-state index in [9.17, 15) is 9.47 Å². The molecule has 2 aliphatic heterocycles. The minimum absolute atomic E-state index is 0.676. The van der Waals surface area contributed by atoms with E-state index in [0.717, 1.165) is 65.4 Å². The van der Waals surface area contributed by atoms with E-state index in [4.69, 9.17) is 4.74 Å². The lowest BCUT2D eigenvalue weighted by Gasteiger charge is -2.17. The molecule has 172 valence electrons. The summed E-state index contributed by atoms with van der Waals surface area (Å²) in [7, 11) is -0.935. The van der Waals surface area contributed by atoms with E-state index in [1.807, 2.05) is 40.7 Å². The topological polar surface area (TPSA) is 61.5 Å². The van der Waals surface area contributed by atoms with Crippen LogP contribution in [0.15, 0.2) is 42.5 Å². The Kier molecular flexibility index (Phi) is 6.39. The van der Waals surface area contributed by atoms with Gasteiger partial charge in [-0.05, 0) is 69.1 Å². The van der Waals surface area contributed by atoms with E-state index in [2.05, 4.69) is 28.5 Å². The van der Waals surface area contributed by atoms with Crippen LogP contribution in [-0.2, 0) is 17.5 Å². The summed E-state index contributed by atoms with van der Waals surface area (Å²) < 4.78 is 22.4. The van der Waals surface area contributed by atoms with Gasteiger partial charge in [-0.2, -0.15) is 5.26 Å². The first kappa shape index (κ1) is 22.0. The van der Waals surface area contributed by atoms with Gasteiger partial charge in [0.1, 0.15) is 29.4 Å². The predicted octanol–water partition coefficient (Wildman–Crippen LogP) is 4.55. The molecule has 0 N–H and O–H groups in total. The minimum atomic E-state index is -0.935. The van der Waals surface area contributed by atoms with Crippen LogP contribution in [-0.4, -0.2) is 52.2 Å². The zero-order chi connectivity index (χ0) is 22.8. The number of hydrogen-bond donors (Lipinski definition) is 0. The van der Waals surface area contributed by atoms with Crippen LogP contribution in [0.5, 0.6) is 5.75 Å². The Morgan fingerprint density at radius 2 is 1.85 bits per heavy atom. The van der Waals surface area contributed by atoms with Crippen molar-refractivity contribution in [2.24, 2.45) is 0 Å². The molecule has 6 nitrogen and oxygen atoms in total. The fraction of sp³-hybridized carbons (Fsp3) is 0.423. The summed E-state index contributed by atoms with van der Waals surface area (Å²) in [5.74, 6) is 1.57. The average Bonchev–Trinajstić information content (AvgIpc) is 3.57. The Morgan fingerprint density at radius 3 is 2.52 bits per heavy atom. The van der Waals surface area contributed by atoms with E-state index in [1.165, 1.54) is 25.9 Å². The molecule has 0 radical (unpaired) electrons. The summed E-state index contributed by atoms with van der Waals surface area (Å²) in [5, 5.41) is 11.0. The van der Waals surface area contributed by atoms with Crippen LogP contribution in [0.1, 0.15) is 31.7 Å². The molecule has 0 spiro atoms. The smallest absolute Gasteiger partial charge is 0.121 e. The van der Waals surface area contributed by atoms with Gasteiger partial charge in [0.25, 0.3) is 0 Å². The molecule has 2 aliphatic rings. The highest BCUT2D eigenvalue weighted by atomic mass is 32.2. The van der Waals surface area contributed by atoms with Crippen molar-refractivity contribution in [1.82, 2.24) is 9.47 Å². The summed E-state index contributed by atoms with van der Waals surface area (Å²) in [6, 6.07) is 16.6. The first-order valence-corrected chi connectivity index (χ1v) is 13.1. The first-order chi connectivity index (χ1) is 16.2. The number of benzene rings is 2. The van der Waals surface area contributed by atoms with E-state index >= 15 is 0 Å². The molecule has 33 heavy (non-hydrogen) atoms. The van der Waals surface area contributed by atoms with E-state index in [1.54, 1.807) is 0 Å². The zero-order valence-electron chi connectivity index (χ0n) is 19.1. The molecule has 1 aromatic heterocycles. The molecule has 0 saturated carbocycles. The molecule has 7 heteroatoms. The predicted molar refractivity (Wildman–Crippen MR) is 134 cm³/mol. The average molecular weight is 463 g/mol. The van der Waals surface area contributed by atoms with E-state index in [-0.39, 0.29) is 0 Å². The number of ether oxygens (including phenoxy) is 1. The lowest BCUT2D eigenvalue weighted by atomic mass is 10.1. The minimum Gasteiger partial charge on any atom is -0.492 e. The largest absolute Gasteiger partial charge is 0.492 e. The lowest BCUT2D eigenvalue weighted by Crippen LogP contribution is -2.25. The van der Waals surface area contributed by atoms with Gasteiger partial charge >= 0.3 is 0 Å². The standard InChI is InChI=1S/C26H30N4O2S/c1-2-29-25-18-22(32-16-15-28-12-3-4-13-28)10-11-23(25)24(19-27)26(29)20-6-8-21(9-7-20)30-14-5-17-33(30)31/h6-11,18H,2-5,12-17H2,1H3. The molecular weight excluding hydrogens is 432 g/mol. The zero-order valence-corrected chi connectivity index (χ0v) is 19.9. The van der Waals surface area contributed by atoms with Crippen molar-refractivity contribution in [3.8, 4) is 23.1 Å². The molecule has 0 amide bonds. The maximum atomic E-state index is 12.2. The number of rotatable bonds is 7. The molecule has 2 aromatic carbocycles. The quantitative estimate of drug-likeness (QED) is 0.517. The van der Waals surface area contributed by atoms with Crippen LogP contribution < -0.4 is 9.04 Å². The second-order valence-corrected chi connectivity index (χ2v) is 10.2. The Morgan fingerprint density at radius 1 is 1.06 bits per heavy atom. The molecule has 0 aliphatic carbocycles. The van der Waals surface area contributed by atoms with Crippen LogP contribution >= 0.6 is 0 Å². The molecular formula is C26H30N4O2S. The summed E-state index contributed by atoms with van der Waals surface area (Å²) >= 11 is 0. The van der Waals surface area contributed by atoms with Gasteiger partial charge in [0.2, 0.25) is 0 Å². The van der Waals surface area contributed by atoms with Crippen molar-refractivity contribution in [2.45, 2.75) is 32.7 Å². The van der Waals surface area contributed by atoms with Gasteiger partial charge in [0.05, 0.1) is 16.8 Å². The SMILES string of the molecule is CCn1c(-c2ccc(N3CCCS3=O)cc2)c(C#N)c2ccc(OCCN3CCCC3)cc21. The van der Waals surface area contributed by atoms with E-state index < -0.39 is 11.0 Å². The molecule has 0 bridgehead atoms. The molecule has 1 unspecified atom stereocenters. The summed E-state index contributed by atoms with van der Waals surface area (Å²) in [6.07, 6.45) is 3.53. The highest BCUT2D eigenvalue weighted by molar-refractivity contribution is 7.86. The number of nitrogens with zero attached hydrogens (tertiary/aromatic N) is 4. The lowest BCUT2D eigenvalue weighted by molar-refractivity contribution is 0.238. The highest BCUT2D eigenvalue weighted by Gasteiger charge is 2.22. The molecule has 1 atom stereocenters. The summed E-state index contributed by atoms with van der Waals surface area (Å²) in [6.45, 7) is 7.65. The molecule has 2 fully saturated rings. The second-order valence-electron chi connectivity index (χ2n) is 8.68. The van der Waals surface area contributed by atoms with Crippen LogP contribution in [0.25, 0.3) is 22.2 Å². The maximum absolute atomic E-state index is 12.2. The van der Waals surface area contributed by atoms with Gasteiger partial charge in [-0.15, -0.1) is 0 Å². The van der Waals surface area contributed by atoms with Crippen molar-refractivity contribution in [3.05, 3.63) is 48.0 Å². The normalized spacial score (nSPS) is 18.8. The van der Waals surface area contributed by atoms with Crippen LogP contribution in [0, 0.1) is 11.3 Å². The van der Waals surface area contributed by atoms with Gasteiger partial charge in [-0.1, -0.05) is 12.1 Å². The molecule has 2 saturated heterocycles. The van der Waals surface area contributed by atoms with Crippen molar-refractivity contribution in [3.63, 3.8) is 0 Å². The maximum Gasteiger partial charge on any atom is 0.121 e. The molecule has 3 aromatic rings. The van der Waals surface area contributed by atoms with E-state index in [0.29, 0.717) is 12.2 Å². The van der Waals surface area contributed by atoms with Gasteiger partial charge in [0.15, 0.2) is 0 Å². The number of aryl methyl sites for hydroxylation is 1. The number of fused-ring (bicyclic) bond motifs is 1. The second kappa shape index (κ2) is 9.58. The van der Waals surface area contributed by atoms with Crippen molar-refractivity contribution in [1.29, 1.82) is 5.26 Å². The van der Waals surface area contributed by atoms with Crippen molar-refractivity contribution in [2.75, 3.05) is 42.8 Å². The Balaban J connectivity index is 1.45. The number of aromatic nitrogens is 1. The molecule has 3 heterocycles. The Bertz CT molecular complexity index is 1210. The van der Waals surface area contributed by atoms with Crippen molar-refractivity contribution < 1.29 is 8.95 Å². The highest BCUT2D eigenvalue weighted by Crippen LogP contribution is 2.36. The third kappa shape index (κ3) is 4.25. The summed E-state index contributed by atoms with van der Waals surface area (Å²) in [4.78, 5) is 2.44. The Hall–Kier alpha value is -2.82. The van der Waals surface area contributed by atoms with Gasteiger partial charge < -0.3 is 9.30 Å². The summed E-state index contributed by atoms with van der Waals surface area (Å²) in [5.41, 5.74) is 4.61. The third-order valence-electron chi connectivity index (χ3n) is 6.69. The van der Waals surface area contributed by atoms with Gasteiger partial charge in [-0.3, -0.25) is 9.21 Å². The fourth-order valence-electron chi connectivity index (χ4n) is 5.04. The van der Waals surface area contributed by atoms with Crippen LogP contribution in [0.4, 0.5) is 5.69 Å². The Labute approximate surface area is 197 Å². The number of hydrogen-bond acceptors (Lipinski definition) is 4. The van der Waals surface area contributed by atoms with Crippen LogP contribution in [0.2, 0.25) is 0 Å². The number of likely N-dealkylation sites (tertiary alicyclic amines) is 1. The van der Waals surface area contributed by atoms with Crippen LogP contribution in [0.3, 0.4) is 0 Å². The fourth-order valence-corrected chi connectivity index (χ4v) is 6.32. The first-order valence-electron chi connectivity index (χ1n) is 11.9. The monoisotopic (exact) mass is 462 g/mol. The van der Waals surface area contributed by atoms with Gasteiger partial charge in [-0.25, -0.2) is 4.21 Å². The molecule has 5 rings (SSSR count). The van der Waals surface area contributed by atoms with Gasteiger partial charge in [0, 0.05) is 42.5 Å². The number of nitriles is 1. The third-order valence-corrected chi connectivity index (χ3v) is 8.22.